The number of amides is 1. The van der Waals surface area contributed by atoms with Crippen LogP contribution in [0.5, 0.6) is 5.75 Å². The van der Waals surface area contributed by atoms with Crippen molar-refractivity contribution in [3.8, 4) is 5.75 Å². The molecule has 5 nitrogen and oxygen atoms in total. The molecule has 148 valence electrons. The highest BCUT2D eigenvalue weighted by atomic mass is 16.7. The first-order valence-electron chi connectivity index (χ1n) is 10.2. The maximum atomic E-state index is 12.9. The molecule has 0 aromatic heterocycles. The summed E-state index contributed by atoms with van der Waals surface area (Å²) in [5.74, 6) is 0.546. The Morgan fingerprint density at radius 3 is 2.44 bits per heavy atom. The molecule has 1 aromatic carbocycles. The first kappa shape index (κ1) is 20.2. The number of carbonyl (C=O) groups is 1. The van der Waals surface area contributed by atoms with E-state index < -0.39 is 18.3 Å². The molecule has 27 heavy (non-hydrogen) atoms. The molecule has 1 heterocycles. The van der Waals surface area contributed by atoms with Gasteiger partial charge >= 0.3 is 7.12 Å². The van der Waals surface area contributed by atoms with Crippen LogP contribution in [-0.4, -0.2) is 36.9 Å². The summed E-state index contributed by atoms with van der Waals surface area (Å²) in [5, 5.41) is 3.11. The van der Waals surface area contributed by atoms with Crippen LogP contribution < -0.4 is 15.5 Å². The molecule has 1 N–H and O–H groups in total. The molecule has 1 aliphatic heterocycles. The van der Waals surface area contributed by atoms with E-state index in [-0.39, 0.29) is 11.9 Å². The standard InChI is InChI=1S/C21H32BNO4/c1-6-7-13-25-18-12-11-15(22-26-20(2,3)21(4,5)27-22)14-17(18)19(24)23-16-9-8-10-16/h11-12,14,16H,6-10,13H2,1-5H3,(H,23,24). The van der Waals surface area contributed by atoms with Crippen LogP contribution in [0.4, 0.5) is 0 Å². The minimum absolute atomic E-state index is 0.0791. The number of carbonyl (C=O) groups excluding carboxylic acids is 1. The topological polar surface area (TPSA) is 56.8 Å². The van der Waals surface area contributed by atoms with E-state index in [9.17, 15) is 4.79 Å². The molecule has 6 heteroatoms. The highest BCUT2D eigenvalue weighted by molar-refractivity contribution is 6.62. The van der Waals surface area contributed by atoms with Crippen LogP contribution in [0.25, 0.3) is 0 Å². The van der Waals surface area contributed by atoms with E-state index in [4.69, 9.17) is 14.0 Å². The number of nitrogens with one attached hydrogen (secondary N) is 1. The van der Waals surface area contributed by atoms with Crippen LogP contribution in [-0.2, 0) is 9.31 Å². The van der Waals surface area contributed by atoms with Gasteiger partial charge in [-0.3, -0.25) is 4.79 Å². The van der Waals surface area contributed by atoms with Crippen LogP contribution in [0.2, 0.25) is 0 Å². The van der Waals surface area contributed by atoms with Crippen molar-refractivity contribution in [1.29, 1.82) is 0 Å². The van der Waals surface area contributed by atoms with E-state index in [0.29, 0.717) is 17.9 Å². The second-order valence-electron chi connectivity index (χ2n) is 8.65. The van der Waals surface area contributed by atoms with Gasteiger partial charge in [-0.05, 0) is 71.0 Å². The van der Waals surface area contributed by atoms with Crippen LogP contribution in [0.15, 0.2) is 18.2 Å². The highest BCUT2D eigenvalue weighted by Crippen LogP contribution is 2.36. The maximum absolute atomic E-state index is 12.9. The monoisotopic (exact) mass is 373 g/mol. The van der Waals surface area contributed by atoms with Crippen molar-refractivity contribution < 1.29 is 18.8 Å². The summed E-state index contributed by atoms with van der Waals surface area (Å²) in [6.07, 6.45) is 5.29. The van der Waals surface area contributed by atoms with Gasteiger partial charge < -0.3 is 19.4 Å². The van der Waals surface area contributed by atoms with Crippen LogP contribution in [0.1, 0.15) is 77.1 Å². The zero-order valence-electron chi connectivity index (χ0n) is 17.3. The Labute approximate surface area is 163 Å². The fraction of sp³-hybridized carbons (Fsp3) is 0.667. The van der Waals surface area contributed by atoms with Crippen molar-refractivity contribution in [1.82, 2.24) is 5.32 Å². The number of rotatable bonds is 7. The molecule has 1 aliphatic carbocycles. The Bertz CT molecular complexity index is 669. The Balaban J connectivity index is 1.83. The van der Waals surface area contributed by atoms with Gasteiger partial charge in [0.15, 0.2) is 0 Å². The van der Waals surface area contributed by atoms with E-state index in [2.05, 4.69) is 12.2 Å². The molecule has 0 bridgehead atoms. The van der Waals surface area contributed by atoms with Gasteiger partial charge in [0.1, 0.15) is 5.75 Å². The molecule has 1 amide bonds. The van der Waals surface area contributed by atoms with Crippen LogP contribution >= 0.6 is 0 Å². The summed E-state index contributed by atoms with van der Waals surface area (Å²) in [7, 11) is -0.491. The van der Waals surface area contributed by atoms with E-state index in [1.165, 1.54) is 6.42 Å². The first-order chi connectivity index (χ1) is 12.7. The molecule has 3 rings (SSSR count). The SMILES string of the molecule is CCCCOc1ccc(B2OC(C)(C)C(C)(C)O2)cc1C(=O)NC1CCC1. The average molecular weight is 373 g/mol. The summed E-state index contributed by atoms with van der Waals surface area (Å²) < 4.78 is 18.2. The average Bonchev–Trinajstić information content (AvgIpc) is 2.79. The van der Waals surface area contributed by atoms with E-state index in [0.717, 1.165) is 31.1 Å². The molecule has 2 fully saturated rings. The molecule has 1 saturated carbocycles. The van der Waals surface area contributed by atoms with Crippen molar-refractivity contribution in [2.24, 2.45) is 0 Å². The zero-order valence-corrected chi connectivity index (χ0v) is 17.3. The fourth-order valence-electron chi connectivity index (χ4n) is 3.12. The smallest absolute Gasteiger partial charge is 0.493 e. The van der Waals surface area contributed by atoms with Gasteiger partial charge in [0.25, 0.3) is 5.91 Å². The molecule has 1 aromatic rings. The molecule has 0 spiro atoms. The van der Waals surface area contributed by atoms with E-state index in [1.54, 1.807) is 0 Å². The lowest BCUT2D eigenvalue weighted by atomic mass is 9.78. The van der Waals surface area contributed by atoms with Gasteiger partial charge in [-0.2, -0.15) is 0 Å². The summed E-state index contributed by atoms with van der Waals surface area (Å²) in [6, 6.07) is 5.94. The van der Waals surface area contributed by atoms with Gasteiger partial charge in [-0.15, -0.1) is 0 Å². The number of hydrogen-bond donors (Lipinski definition) is 1. The Hall–Kier alpha value is -1.53. The Kier molecular flexibility index (Phi) is 5.87. The Morgan fingerprint density at radius 2 is 1.89 bits per heavy atom. The third kappa shape index (κ3) is 4.32. The molecule has 2 aliphatic rings. The third-order valence-electron chi connectivity index (χ3n) is 5.97. The maximum Gasteiger partial charge on any atom is 0.494 e. The predicted molar refractivity (Wildman–Crippen MR) is 108 cm³/mol. The zero-order chi connectivity index (χ0) is 19.7. The molecule has 0 atom stereocenters. The second-order valence-corrected chi connectivity index (χ2v) is 8.65. The van der Waals surface area contributed by atoms with E-state index >= 15 is 0 Å². The summed E-state index contributed by atoms with van der Waals surface area (Å²) in [5.41, 5.74) is 0.574. The lowest BCUT2D eigenvalue weighted by molar-refractivity contribution is 0.00578. The number of benzene rings is 1. The quantitative estimate of drug-likeness (QED) is 0.588. The minimum atomic E-state index is -0.491. The van der Waals surface area contributed by atoms with Crippen molar-refractivity contribution in [3.63, 3.8) is 0 Å². The molecular weight excluding hydrogens is 341 g/mol. The van der Waals surface area contributed by atoms with Crippen molar-refractivity contribution in [2.75, 3.05) is 6.61 Å². The van der Waals surface area contributed by atoms with Crippen molar-refractivity contribution in [3.05, 3.63) is 23.8 Å². The lowest BCUT2D eigenvalue weighted by Crippen LogP contribution is -2.41. The van der Waals surface area contributed by atoms with E-state index in [1.807, 2.05) is 45.9 Å². The highest BCUT2D eigenvalue weighted by Gasteiger charge is 2.51. The van der Waals surface area contributed by atoms with Gasteiger partial charge in [-0.1, -0.05) is 19.4 Å². The number of unbranched alkanes of at least 4 members (excludes halogenated alkanes) is 1. The van der Waals surface area contributed by atoms with Gasteiger partial charge in [0.2, 0.25) is 0 Å². The first-order valence-corrected chi connectivity index (χ1v) is 10.2. The molecule has 0 radical (unpaired) electrons. The summed E-state index contributed by atoms with van der Waals surface area (Å²) in [6.45, 7) is 10.8. The molecule has 0 unspecified atom stereocenters. The van der Waals surface area contributed by atoms with Crippen molar-refractivity contribution >= 4 is 18.5 Å². The number of ether oxygens (including phenoxy) is 1. The minimum Gasteiger partial charge on any atom is -0.493 e. The molecule has 1 saturated heterocycles. The summed E-state index contributed by atoms with van der Waals surface area (Å²) in [4.78, 5) is 12.9. The van der Waals surface area contributed by atoms with Crippen molar-refractivity contribution in [2.45, 2.75) is 84.0 Å². The normalized spacial score (nSPS) is 21.0. The van der Waals surface area contributed by atoms with Gasteiger partial charge in [-0.25, -0.2) is 0 Å². The molecular formula is C21H32BNO4. The number of hydrogen-bond acceptors (Lipinski definition) is 4. The fourth-order valence-corrected chi connectivity index (χ4v) is 3.12. The largest absolute Gasteiger partial charge is 0.494 e. The lowest BCUT2D eigenvalue weighted by Gasteiger charge is -2.32. The second kappa shape index (κ2) is 7.84. The van der Waals surface area contributed by atoms with Crippen LogP contribution in [0, 0.1) is 0 Å². The van der Waals surface area contributed by atoms with Crippen LogP contribution in [0.3, 0.4) is 0 Å². The third-order valence-corrected chi connectivity index (χ3v) is 5.97. The predicted octanol–water partition coefficient (Wildman–Crippen LogP) is 3.45. The summed E-state index contributed by atoms with van der Waals surface area (Å²) >= 11 is 0. The van der Waals surface area contributed by atoms with Gasteiger partial charge in [0.05, 0.1) is 23.4 Å². The van der Waals surface area contributed by atoms with Gasteiger partial charge in [0, 0.05) is 6.04 Å². The Morgan fingerprint density at radius 1 is 1.22 bits per heavy atom.